The second-order valence-corrected chi connectivity index (χ2v) is 5.28. The summed E-state index contributed by atoms with van der Waals surface area (Å²) in [5.41, 5.74) is 4.70. The molecule has 1 N–H and O–H groups in total. The smallest absolute Gasteiger partial charge is 0.406 e. The number of nitrogens with one attached hydrogen (secondary N) is 1. The first kappa shape index (κ1) is 14.5. The number of aryl methyl sites for hydroxylation is 2. The lowest BCUT2D eigenvalue weighted by molar-refractivity contribution is -0.274. The van der Waals surface area contributed by atoms with E-state index in [9.17, 15) is 13.2 Å². The Morgan fingerprint density at radius 3 is 2.41 bits per heavy atom. The highest BCUT2D eigenvalue weighted by Gasteiger charge is 2.31. The third-order valence-electron chi connectivity index (χ3n) is 3.61. The van der Waals surface area contributed by atoms with E-state index < -0.39 is 6.36 Å². The Balaban J connectivity index is 2.02. The zero-order valence-electron chi connectivity index (χ0n) is 12.1. The van der Waals surface area contributed by atoms with Gasteiger partial charge in [-0.1, -0.05) is 12.1 Å². The third kappa shape index (κ3) is 2.93. The maximum Gasteiger partial charge on any atom is 0.573 e. The lowest BCUT2D eigenvalue weighted by Gasteiger charge is -2.09. The number of aromatic nitrogens is 1. The summed E-state index contributed by atoms with van der Waals surface area (Å²) < 4.78 is 40.9. The number of aromatic amines is 1. The van der Waals surface area contributed by atoms with E-state index >= 15 is 0 Å². The summed E-state index contributed by atoms with van der Waals surface area (Å²) in [7, 11) is 0. The van der Waals surface area contributed by atoms with Gasteiger partial charge in [0.05, 0.1) is 0 Å². The molecule has 0 amide bonds. The first-order chi connectivity index (χ1) is 10.3. The quantitative estimate of drug-likeness (QED) is 0.678. The Bertz CT molecular complexity index is 795. The van der Waals surface area contributed by atoms with Crippen LogP contribution in [0.2, 0.25) is 0 Å². The van der Waals surface area contributed by atoms with Crippen molar-refractivity contribution in [2.75, 3.05) is 0 Å². The monoisotopic (exact) mass is 305 g/mol. The molecule has 2 aromatic carbocycles. The van der Waals surface area contributed by atoms with Crippen LogP contribution in [-0.4, -0.2) is 11.3 Å². The highest BCUT2D eigenvalue weighted by atomic mass is 19.4. The van der Waals surface area contributed by atoms with Crippen LogP contribution in [0.1, 0.15) is 11.1 Å². The number of halogens is 3. The highest BCUT2D eigenvalue weighted by Crippen LogP contribution is 2.30. The number of alkyl halides is 3. The Morgan fingerprint density at radius 2 is 1.68 bits per heavy atom. The Hall–Kier alpha value is -2.43. The number of H-pyrrole nitrogens is 1. The molecule has 3 aromatic rings. The van der Waals surface area contributed by atoms with Gasteiger partial charge in [-0.25, -0.2) is 0 Å². The van der Waals surface area contributed by atoms with Crippen molar-refractivity contribution < 1.29 is 17.9 Å². The molecule has 0 bridgehead atoms. The van der Waals surface area contributed by atoms with Crippen molar-refractivity contribution in [3.05, 3.63) is 53.6 Å². The van der Waals surface area contributed by atoms with Gasteiger partial charge in [0.15, 0.2) is 0 Å². The molecule has 0 saturated carbocycles. The molecule has 5 heteroatoms. The van der Waals surface area contributed by atoms with Gasteiger partial charge in [0.2, 0.25) is 0 Å². The average Bonchev–Trinajstić information content (AvgIpc) is 2.80. The molecule has 0 fully saturated rings. The maximum atomic E-state index is 12.3. The summed E-state index contributed by atoms with van der Waals surface area (Å²) in [6, 6.07) is 12.0. The minimum absolute atomic E-state index is 0.226. The van der Waals surface area contributed by atoms with Crippen LogP contribution >= 0.6 is 0 Å². The van der Waals surface area contributed by atoms with Crippen LogP contribution in [0.4, 0.5) is 13.2 Å². The molecule has 0 aliphatic heterocycles. The molecule has 22 heavy (non-hydrogen) atoms. The van der Waals surface area contributed by atoms with Gasteiger partial charge in [-0.2, -0.15) is 0 Å². The molecule has 0 saturated heterocycles. The SMILES string of the molecule is Cc1cc2cc(-c3cccc(OC(F)(F)F)c3)[nH]c2cc1C. The molecule has 0 atom stereocenters. The lowest BCUT2D eigenvalue weighted by Crippen LogP contribution is -2.17. The molecule has 0 aliphatic rings. The maximum absolute atomic E-state index is 12.3. The topological polar surface area (TPSA) is 25.0 Å². The zero-order chi connectivity index (χ0) is 15.9. The Morgan fingerprint density at radius 1 is 0.955 bits per heavy atom. The van der Waals surface area contributed by atoms with Gasteiger partial charge < -0.3 is 9.72 Å². The van der Waals surface area contributed by atoms with Crippen molar-refractivity contribution in [1.29, 1.82) is 0 Å². The van der Waals surface area contributed by atoms with Gasteiger partial charge in [0, 0.05) is 22.2 Å². The number of fused-ring (bicyclic) bond motifs is 1. The van der Waals surface area contributed by atoms with E-state index in [0.29, 0.717) is 5.56 Å². The van der Waals surface area contributed by atoms with Crippen LogP contribution in [0.15, 0.2) is 42.5 Å². The average molecular weight is 305 g/mol. The second kappa shape index (κ2) is 5.09. The van der Waals surface area contributed by atoms with Crippen LogP contribution in [0.25, 0.3) is 22.2 Å². The van der Waals surface area contributed by atoms with Crippen LogP contribution in [-0.2, 0) is 0 Å². The van der Waals surface area contributed by atoms with E-state index in [4.69, 9.17) is 0 Å². The molecule has 0 aliphatic carbocycles. The zero-order valence-corrected chi connectivity index (χ0v) is 12.1. The molecular weight excluding hydrogens is 291 g/mol. The first-order valence-corrected chi connectivity index (χ1v) is 6.78. The second-order valence-electron chi connectivity index (χ2n) is 5.28. The van der Waals surface area contributed by atoms with Gasteiger partial charge >= 0.3 is 6.36 Å². The normalized spacial score (nSPS) is 11.9. The number of ether oxygens (including phenoxy) is 1. The van der Waals surface area contributed by atoms with Crippen molar-refractivity contribution in [2.24, 2.45) is 0 Å². The predicted octanol–water partition coefficient (Wildman–Crippen LogP) is 5.35. The van der Waals surface area contributed by atoms with Crippen LogP contribution < -0.4 is 4.74 Å². The molecule has 0 unspecified atom stereocenters. The van der Waals surface area contributed by atoms with E-state index in [-0.39, 0.29) is 5.75 Å². The van der Waals surface area contributed by atoms with Gasteiger partial charge in [-0.15, -0.1) is 13.2 Å². The number of hydrogen-bond acceptors (Lipinski definition) is 1. The first-order valence-electron chi connectivity index (χ1n) is 6.78. The highest BCUT2D eigenvalue weighted by molar-refractivity contribution is 5.87. The molecular formula is C17H14F3NO. The molecule has 2 nitrogen and oxygen atoms in total. The van der Waals surface area contributed by atoms with Gasteiger partial charge in [0.25, 0.3) is 0 Å². The minimum atomic E-state index is -4.69. The fraction of sp³-hybridized carbons (Fsp3) is 0.176. The number of rotatable bonds is 2. The molecule has 0 radical (unpaired) electrons. The van der Waals surface area contributed by atoms with Crippen molar-refractivity contribution in [1.82, 2.24) is 4.98 Å². The minimum Gasteiger partial charge on any atom is -0.406 e. The fourth-order valence-electron chi connectivity index (χ4n) is 2.42. The van der Waals surface area contributed by atoms with E-state index in [0.717, 1.165) is 22.2 Å². The van der Waals surface area contributed by atoms with Gasteiger partial charge in [-0.05, 0) is 55.3 Å². The molecule has 1 aromatic heterocycles. The van der Waals surface area contributed by atoms with E-state index in [1.807, 2.05) is 26.0 Å². The summed E-state index contributed by atoms with van der Waals surface area (Å²) in [4.78, 5) is 3.23. The Labute approximate surface area is 125 Å². The van der Waals surface area contributed by atoms with Crippen LogP contribution in [0.5, 0.6) is 5.75 Å². The van der Waals surface area contributed by atoms with E-state index in [2.05, 4.69) is 15.8 Å². The molecule has 114 valence electrons. The molecule has 1 heterocycles. The number of benzene rings is 2. The van der Waals surface area contributed by atoms with Crippen LogP contribution in [0, 0.1) is 13.8 Å². The molecule has 0 spiro atoms. The lowest BCUT2D eigenvalue weighted by atomic mass is 10.1. The summed E-state index contributed by atoms with van der Waals surface area (Å²) in [5, 5.41) is 1.03. The third-order valence-corrected chi connectivity index (χ3v) is 3.61. The standard InChI is InChI=1S/C17H14F3NO/c1-10-6-13-9-16(21-15(13)7-11(10)2)12-4-3-5-14(8-12)22-17(18,19)20/h3-9,21H,1-2H3. The van der Waals surface area contributed by atoms with Gasteiger partial charge in [-0.3, -0.25) is 0 Å². The summed E-state index contributed by atoms with van der Waals surface area (Å²) in [5.74, 6) is -0.226. The van der Waals surface area contributed by atoms with Gasteiger partial charge in [0.1, 0.15) is 5.75 Å². The summed E-state index contributed by atoms with van der Waals surface area (Å²) in [6.07, 6.45) is -4.69. The molecule has 3 rings (SSSR count). The summed E-state index contributed by atoms with van der Waals surface area (Å²) in [6.45, 7) is 4.05. The fourth-order valence-corrected chi connectivity index (χ4v) is 2.42. The van der Waals surface area contributed by atoms with Crippen molar-refractivity contribution in [3.8, 4) is 17.0 Å². The predicted molar refractivity (Wildman–Crippen MR) is 79.9 cm³/mol. The van der Waals surface area contributed by atoms with E-state index in [1.54, 1.807) is 12.1 Å². The Kier molecular flexibility index (Phi) is 3.35. The summed E-state index contributed by atoms with van der Waals surface area (Å²) >= 11 is 0. The van der Waals surface area contributed by atoms with Crippen molar-refractivity contribution in [2.45, 2.75) is 20.2 Å². The van der Waals surface area contributed by atoms with Crippen molar-refractivity contribution >= 4 is 10.9 Å². The van der Waals surface area contributed by atoms with Crippen LogP contribution in [0.3, 0.4) is 0 Å². The largest absolute Gasteiger partial charge is 0.573 e. The number of hydrogen-bond donors (Lipinski definition) is 1. The van der Waals surface area contributed by atoms with Crippen molar-refractivity contribution in [3.63, 3.8) is 0 Å². The van der Waals surface area contributed by atoms with E-state index in [1.165, 1.54) is 17.7 Å².